The van der Waals surface area contributed by atoms with E-state index in [1.807, 2.05) is 52.9 Å². The molecule has 2 aromatic carbocycles. The monoisotopic (exact) mass is 410 g/mol. The molecule has 0 aliphatic rings. The topological polar surface area (TPSA) is 52.6 Å². The van der Waals surface area contributed by atoms with Gasteiger partial charge in [-0.25, -0.2) is 4.79 Å². The molecule has 22 heavy (non-hydrogen) atoms. The molecule has 0 bridgehead atoms. The first-order chi connectivity index (χ1) is 10.7. The average molecular weight is 410 g/mol. The average Bonchev–Trinajstić information content (AvgIpc) is 2.54. The predicted octanol–water partition coefficient (Wildman–Crippen LogP) is 3.77. The third-order valence-electron chi connectivity index (χ3n) is 2.98. The summed E-state index contributed by atoms with van der Waals surface area (Å²) in [6, 6.07) is 16.3. The zero-order valence-electron chi connectivity index (χ0n) is 11.8. The maximum atomic E-state index is 11.9. The maximum absolute atomic E-state index is 11.9. The molecule has 4 nitrogen and oxygen atoms in total. The fourth-order valence-corrected chi connectivity index (χ4v) is 2.20. The number of halogens is 1. The zero-order chi connectivity index (χ0) is 15.8. The van der Waals surface area contributed by atoms with Gasteiger partial charge in [-0.15, -0.1) is 0 Å². The molecule has 0 aliphatic heterocycles. The van der Waals surface area contributed by atoms with E-state index in [0.717, 1.165) is 5.56 Å². The van der Waals surface area contributed by atoms with Crippen molar-refractivity contribution in [3.05, 3.63) is 65.7 Å². The number of hydrogen-bond donors (Lipinski definition) is 0. The molecule has 5 heteroatoms. The van der Waals surface area contributed by atoms with E-state index in [0.29, 0.717) is 6.42 Å². The van der Waals surface area contributed by atoms with Crippen molar-refractivity contribution >= 4 is 34.5 Å². The minimum absolute atomic E-state index is 0.232. The van der Waals surface area contributed by atoms with Crippen molar-refractivity contribution in [3.63, 3.8) is 0 Å². The number of hydrogen-bond acceptors (Lipinski definition) is 4. The van der Waals surface area contributed by atoms with E-state index in [4.69, 9.17) is 9.47 Å². The number of ether oxygens (including phenoxy) is 2. The molecule has 2 aromatic rings. The van der Waals surface area contributed by atoms with E-state index in [2.05, 4.69) is 0 Å². The van der Waals surface area contributed by atoms with Gasteiger partial charge in [0.05, 0.1) is 0 Å². The Balaban J connectivity index is 1.98. The zero-order valence-corrected chi connectivity index (χ0v) is 14.0. The number of aryl methyl sites for hydroxylation is 1. The second kappa shape index (κ2) is 8.53. The molecule has 0 amide bonds. The van der Waals surface area contributed by atoms with Crippen LogP contribution in [0.15, 0.2) is 54.6 Å². The van der Waals surface area contributed by atoms with Crippen LogP contribution in [-0.2, 0) is 16.0 Å². The number of rotatable bonds is 6. The predicted molar refractivity (Wildman–Crippen MR) is 91.1 cm³/mol. The molecular formula is C17H15IO4. The smallest absolute Gasteiger partial charge is 0.342 e. The fourth-order valence-electron chi connectivity index (χ4n) is 1.92. The van der Waals surface area contributed by atoms with Crippen LogP contribution in [0, 0.1) is 0 Å². The van der Waals surface area contributed by atoms with Crippen LogP contribution >= 0.6 is 22.6 Å². The van der Waals surface area contributed by atoms with Crippen molar-refractivity contribution in [1.82, 2.24) is 0 Å². The fraction of sp³-hybridized carbons (Fsp3) is 0.176. The lowest BCUT2D eigenvalue weighted by Crippen LogP contribution is -2.13. The van der Waals surface area contributed by atoms with Crippen LogP contribution in [0.25, 0.3) is 0 Å². The Morgan fingerprint density at radius 1 is 0.955 bits per heavy atom. The Labute approximate surface area is 142 Å². The molecule has 2 rings (SSSR count). The van der Waals surface area contributed by atoms with Gasteiger partial charge in [-0.1, -0.05) is 42.5 Å². The molecule has 0 atom stereocenters. The summed E-state index contributed by atoms with van der Waals surface area (Å²) in [5, 5.41) is 0. The Morgan fingerprint density at radius 3 is 2.36 bits per heavy atom. The number of carbonyl (C=O) groups is 2. The van der Waals surface area contributed by atoms with Crippen LogP contribution in [0.3, 0.4) is 0 Å². The van der Waals surface area contributed by atoms with Gasteiger partial charge in [0.1, 0.15) is 15.9 Å². The third kappa shape index (κ3) is 4.84. The van der Waals surface area contributed by atoms with E-state index in [-0.39, 0.29) is 28.3 Å². The van der Waals surface area contributed by atoms with Crippen molar-refractivity contribution in [2.24, 2.45) is 0 Å². The van der Waals surface area contributed by atoms with E-state index in [9.17, 15) is 9.59 Å². The maximum Gasteiger partial charge on any atom is 0.342 e. The number of carbonyl (C=O) groups excluding carboxylic acids is 2. The lowest BCUT2D eigenvalue weighted by atomic mass is 10.1. The molecule has 0 saturated heterocycles. The van der Waals surface area contributed by atoms with Gasteiger partial charge < -0.3 is 9.47 Å². The van der Waals surface area contributed by atoms with Gasteiger partial charge >= 0.3 is 11.9 Å². The summed E-state index contributed by atoms with van der Waals surface area (Å²) >= 11 is 1.94. The number of para-hydroxylation sites is 1. The van der Waals surface area contributed by atoms with E-state index < -0.39 is 5.97 Å². The number of alkyl halides is 1. The minimum Gasteiger partial charge on any atom is -0.451 e. The van der Waals surface area contributed by atoms with E-state index >= 15 is 0 Å². The van der Waals surface area contributed by atoms with Gasteiger partial charge in [0.15, 0.2) is 0 Å². The van der Waals surface area contributed by atoms with Crippen molar-refractivity contribution in [2.45, 2.75) is 12.8 Å². The van der Waals surface area contributed by atoms with Crippen molar-refractivity contribution in [1.29, 1.82) is 0 Å². The molecule has 114 valence electrons. The Bertz CT molecular complexity index is 640. The summed E-state index contributed by atoms with van der Waals surface area (Å²) in [5.74, 6) is -0.644. The van der Waals surface area contributed by atoms with Gasteiger partial charge in [0.2, 0.25) is 0 Å². The number of benzene rings is 2. The molecule has 0 aliphatic carbocycles. The molecule has 0 saturated carbocycles. The van der Waals surface area contributed by atoms with Gasteiger partial charge in [0.25, 0.3) is 0 Å². The second-order valence-electron chi connectivity index (χ2n) is 4.50. The molecule has 0 unspecified atom stereocenters. The highest BCUT2D eigenvalue weighted by molar-refractivity contribution is 14.1. The first-order valence-electron chi connectivity index (χ1n) is 6.77. The normalized spacial score (nSPS) is 10.0. The summed E-state index contributed by atoms with van der Waals surface area (Å²) in [7, 11) is 0. The Kier molecular flexibility index (Phi) is 6.39. The summed E-state index contributed by atoms with van der Waals surface area (Å²) in [6.45, 7) is 0. The van der Waals surface area contributed by atoms with Crippen LogP contribution < -0.4 is 4.74 Å². The van der Waals surface area contributed by atoms with Crippen LogP contribution in [0.2, 0.25) is 0 Å². The van der Waals surface area contributed by atoms with E-state index in [1.165, 1.54) is 0 Å². The first-order valence-corrected chi connectivity index (χ1v) is 8.30. The van der Waals surface area contributed by atoms with Crippen molar-refractivity contribution in [3.8, 4) is 5.75 Å². The van der Waals surface area contributed by atoms with Crippen LogP contribution in [-0.4, -0.2) is 16.6 Å². The van der Waals surface area contributed by atoms with Gasteiger partial charge in [-0.05, 0) is 46.7 Å². The molecular weight excluding hydrogens is 395 g/mol. The highest BCUT2D eigenvalue weighted by atomic mass is 127. The van der Waals surface area contributed by atoms with Gasteiger partial charge in [-0.2, -0.15) is 0 Å². The minimum atomic E-state index is -0.499. The lowest BCUT2D eigenvalue weighted by molar-refractivity contribution is -0.134. The summed E-state index contributed by atoms with van der Waals surface area (Å²) in [6.07, 6.45) is 0.847. The SMILES string of the molecule is O=C(CCc1ccccc1)Oc1ccccc1C(=O)OCI. The lowest BCUT2D eigenvalue weighted by Gasteiger charge is -2.09. The van der Waals surface area contributed by atoms with Crippen LogP contribution in [0.1, 0.15) is 22.3 Å². The molecule has 0 fully saturated rings. The van der Waals surface area contributed by atoms with Crippen molar-refractivity contribution in [2.75, 3.05) is 4.61 Å². The second-order valence-corrected chi connectivity index (χ2v) is 5.12. The standard InChI is InChI=1S/C17H15IO4/c18-12-21-17(20)14-8-4-5-9-15(14)22-16(19)11-10-13-6-2-1-3-7-13/h1-9H,10-12H2. The molecule has 0 spiro atoms. The Hall–Kier alpha value is -1.89. The van der Waals surface area contributed by atoms with Gasteiger partial charge in [0, 0.05) is 6.42 Å². The molecule has 0 aromatic heterocycles. The van der Waals surface area contributed by atoms with Crippen LogP contribution in [0.5, 0.6) is 5.75 Å². The largest absolute Gasteiger partial charge is 0.451 e. The number of esters is 2. The molecule has 0 radical (unpaired) electrons. The molecule has 0 N–H and O–H groups in total. The summed E-state index contributed by atoms with van der Waals surface area (Å²) < 4.78 is 10.5. The Morgan fingerprint density at radius 2 is 1.64 bits per heavy atom. The quantitative estimate of drug-likeness (QED) is 0.315. The highest BCUT2D eigenvalue weighted by Gasteiger charge is 2.15. The first kappa shape index (κ1) is 16.5. The summed E-state index contributed by atoms with van der Waals surface area (Å²) in [4.78, 5) is 23.8. The third-order valence-corrected chi connectivity index (χ3v) is 3.29. The van der Waals surface area contributed by atoms with Crippen molar-refractivity contribution < 1.29 is 19.1 Å². The van der Waals surface area contributed by atoms with Crippen LogP contribution in [0.4, 0.5) is 0 Å². The van der Waals surface area contributed by atoms with Gasteiger partial charge in [-0.3, -0.25) is 4.79 Å². The summed E-state index contributed by atoms with van der Waals surface area (Å²) in [5.41, 5.74) is 1.32. The molecule has 0 heterocycles. The highest BCUT2D eigenvalue weighted by Crippen LogP contribution is 2.20. The van der Waals surface area contributed by atoms with E-state index in [1.54, 1.807) is 24.3 Å².